The van der Waals surface area contributed by atoms with Crippen LogP contribution >= 0.6 is 0 Å². The van der Waals surface area contributed by atoms with E-state index in [-0.39, 0.29) is 18.1 Å². The van der Waals surface area contributed by atoms with Gasteiger partial charge in [-0.15, -0.1) is 0 Å². The molecule has 0 aliphatic carbocycles. The highest BCUT2D eigenvalue weighted by Crippen LogP contribution is 2.22. The number of hydrogen-bond acceptors (Lipinski definition) is 7. The summed E-state index contributed by atoms with van der Waals surface area (Å²) < 4.78 is 37.2. The second-order valence-electron chi connectivity index (χ2n) is 8.90. The number of anilines is 1. The first-order chi connectivity index (χ1) is 17.5. The van der Waals surface area contributed by atoms with E-state index in [9.17, 15) is 8.42 Å². The monoisotopic (exact) mass is 506 g/mol. The van der Waals surface area contributed by atoms with Gasteiger partial charge in [0.25, 0.3) is 10.1 Å². The molecule has 9 heteroatoms. The van der Waals surface area contributed by atoms with Gasteiger partial charge in [-0.1, -0.05) is 23.8 Å². The SMILES string of the molecule is Cc1ccc(S(=O)(=O)OCCOc2ccc(N3CCN(Cc4cc5ccccn5n4)CC3)cc2)cc1. The summed E-state index contributed by atoms with van der Waals surface area (Å²) in [7, 11) is -3.78. The number of piperazine rings is 1. The number of pyridine rings is 1. The van der Waals surface area contributed by atoms with E-state index in [0.717, 1.165) is 55.2 Å². The Kier molecular flexibility index (Phi) is 7.22. The van der Waals surface area contributed by atoms with Crippen LogP contribution in [0.4, 0.5) is 5.69 Å². The smallest absolute Gasteiger partial charge is 0.297 e. The second kappa shape index (κ2) is 10.7. The molecule has 0 radical (unpaired) electrons. The van der Waals surface area contributed by atoms with E-state index in [0.29, 0.717) is 5.75 Å². The van der Waals surface area contributed by atoms with E-state index in [4.69, 9.17) is 8.92 Å². The highest BCUT2D eigenvalue weighted by atomic mass is 32.2. The molecule has 0 atom stereocenters. The highest BCUT2D eigenvalue weighted by Gasteiger charge is 2.19. The minimum atomic E-state index is -3.78. The van der Waals surface area contributed by atoms with Gasteiger partial charge < -0.3 is 9.64 Å². The lowest BCUT2D eigenvalue weighted by atomic mass is 10.2. The van der Waals surface area contributed by atoms with Crippen molar-refractivity contribution in [2.75, 3.05) is 44.3 Å². The zero-order valence-corrected chi connectivity index (χ0v) is 21.1. The molecule has 0 N–H and O–H groups in total. The van der Waals surface area contributed by atoms with Gasteiger partial charge in [0.2, 0.25) is 0 Å². The summed E-state index contributed by atoms with van der Waals surface area (Å²) >= 11 is 0. The fraction of sp³-hybridized carbons (Fsp3) is 0.296. The van der Waals surface area contributed by atoms with Crippen LogP contribution < -0.4 is 9.64 Å². The maximum absolute atomic E-state index is 12.2. The predicted octanol–water partition coefficient (Wildman–Crippen LogP) is 3.75. The third-order valence-electron chi connectivity index (χ3n) is 6.28. The fourth-order valence-electron chi connectivity index (χ4n) is 4.29. The van der Waals surface area contributed by atoms with Crippen LogP contribution in [0.3, 0.4) is 0 Å². The van der Waals surface area contributed by atoms with Crippen LogP contribution in [0.15, 0.2) is 83.9 Å². The molecule has 2 aromatic heterocycles. The van der Waals surface area contributed by atoms with E-state index < -0.39 is 10.1 Å². The van der Waals surface area contributed by atoms with Crippen molar-refractivity contribution in [3.05, 3.63) is 90.3 Å². The number of ether oxygens (including phenoxy) is 1. The Morgan fingerprint density at radius 2 is 1.64 bits per heavy atom. The van der Waals surface area contributed by atoms with Gasteiger partial charge in [-0.2, -0.15) is 13.5 Å². The Balaban J connectivity index is 1.06. The summed E-state index contributed by atoms with van der Waals surface area (Å²) in [5.41, 5.74) is 4.35. The maximum atomic E-state index is 12.2. The Hall–Kier alpha value is -3.40. The topological polar surface area (TPSA) is 76.4 Å². The van der Waals surface area contributed by atoms with Gasteiger partial charge in [-0.05, 0) is 61.5 Å². The number of aromatic nitrogens is 2. The van der Waals surface area contributed by atoms with Gasteiger partial charge in [-0.25, -0.2) is 4.52 Å². The number of nitrogens with zero attached hydrogens (tertiary/aromatic N) is 4. The molecular formula is C27H30N4O4S. The summed E-state index contributed by atoms with van der Waals surface area (Å²) in [4.78, 5) is 4.94. The molecule has 5 rings (SSSR count). The zero-order chi connectivity index (χ0) is 25.0. The Morgan fingerprint density at radius 1 is 0.889 bits per heavy atom. The third-order valence-corrected chi connectivity index (χ3v) is 7.61. The van der Waals surface area contributed by atoms with Gasteiger partial charge in [0.05, 0.1) is 16.1 Å². The van der Waals surface area contributed by atoms with Crippen LogP contribution in [0, 0.1) is 6.92 Å². The summed E-state index contributed by atoms with van der Waals surface area (Å²) in [6.45, 7) is 6.68. The third kappa shape index (κ3) is 5.87. The first-order valence-corrected chi connectivity index (χ1v) is 13.5. The molecule has 1 aliphatic heterocycles. The maximum Gasteiger partial charge on any atom is 0.297 e. The Morgan fingerprint density at radius 3 is 2.36 bits per heavy atom. The molecule has 8 nitrogen and oxygen atoms in total. The van der Waals surface area contributed by atoms with Gasteiger partial charge in [0.15, 0.2) is 0 Å². The molecule has 0 saturated carbocycles. The van der Waals surface area contributed by atoms with Crippen molar-refractivity contribution >= 4 is 21.3 Å². The van der Waals surface area contributed by atoms with Crippen molar-refractivity contribution in [2.24, 2.45) is 0 Å². The molecule has 36 heavy (non-hydrogen) atoms. The largest absolute Gasteiger partial charge is 0.491 e. The molecule has 1 aliphatic rings. The van der Waals surface area contributed by atoms with Gasteiger partial charge in [0.1, 0.15) is 19.0 Å². The number of rotatable bonds is 9. The number of fused-ring (bicyclic) bond motifs is 1. The second-order valence-corrected chi connectivity index (χ2v) is 10.5. The van der Waals surface area contributed by atoms with E-state index in [1.807, 2.05) is 54.0 Å². The van der Waals surface area contributed by atoms with E-state index in [1.165, 1.54) is 0 Å². The highest BCUT2D eigenvalue weighted by molar-refractivity contribution is 7.86. The lowest BCUT2D eigenvalue weighted by Crippen LogP contribution is -2.46. The summed E-state index contributed by atoms with van der Waals surface area (Å²) in [5.74, 6) is 0.681. The normalized spacial score (nSPS) is 14.9. The molecule has 1 fully saturated rings. The fourth-order valence-corrected chi connectivity index (χ4v) is 5.18. The van der Waals surface area contributed by atoms with Crippen LogP contribution in [-0.2, 0) is 20.8 Å². The molecule has 188 valence electrons. The molecule has 1 saturated heterocycles. The van der Waals surface area contributed by atoms with Gasteiger partial charge in [-0.3, -0.25) is 9.08 Å². The van der Waals surface area contributed by atoms with Crippen molar-refractivity contribution in [1.82, 2.24) is 14.5 Å². The quantitative estimate of drug-likeness (QED) is 0.253. The Labute approximate surface area is 211 Å². The molecule has 4 aromatic rings. The molecule has 0 amide bonds. The number of aryl methyl sites for hydroxylation is 1. The van der Waals surface area contributed by atoms with Crippen LogP contribution in [-0.4, -0.2) is 62.3 Å². The average molecular weight is 507 g/mol. The van der Waals surface area contributed by atoms with Crippen molar-refractivity contribution in [1.29, 1.82) is 0 Å². The molecule has 2 aromatic carbocycles. The molecule has 3 heterocycles. The lowest BCUT2D eigenvalue weighted by molar-refractivity contribution is 0.221. The first-order valence-electron chi connectivity index (χ1n) is 12.1. The molecule has 0 bridgehead atoms. The van der Waals surface area contributed by atoms with Crippen LogP contribution in [0.1, 0.15) is 11.3 Å². The number of benzene rings is 2. The molecular weight excluding hydrogens is 476 g/mol. The van der Waals surface area contributed by atoms with E-state index >= 15 is 0 Å². The standard InChI is InChI=1S/C27H30N4O4S/c1-22-5-11-27(12-6-22)36(32,33)35-19-18-34-26-9-7-24(8-10-26)30-16-14-29(15-17-30)21-23-20-25-4-2-3-13-31(25)28-23/h2-13,20H,14-19,21H2,1H3. The van der Waals surface area contributed by atoms with Gasteiger partial charge in [0, 0.05) is 44.6 Å². The Bertz CT molecular complexity index is 1360. The minimum absolute atomic E-state index is 0.0494. The van der Waals surface area contributed by atoms with Crippen LogP contribution in [0.5, 0.6) is 5.75 Å². The first kappa shape index (κ1) is 24.3. The number of hydrogen-bond donors (Lipinski definition) is 0. The summed E-state index contributed by atoms with van der Waals surface area (Å²) in [5, 5.41) is 4.66. The predicted molar refractivity (Wildman–Crippen MR) is 139 cm³/mol. The van der Waals surface area contributed by atoms with Crippen molar-refractivity contribution in [3.63, 3.8) is 0 Å². The molecule has 0 spiro atoms. The van der Waals surface area contributed by atoms with Crippen LogP contribution in [0.2, 0.25) is 0 Å². The summed E-state index contributed by atoms with van der Waals surface area (Å²) in [6.07, 6.45) is 1.98. The summed E-state index contributed by atoms with van der Waals surface area (Å²) in [6, 6.07) is 22.7. The minimum Gasteiger partial charge on any atom is -0.491 e. The van der Waals surface area contributed by atoms with Crippen molar-refractivity contribution in [3.8, 4) is 5.75 Å². The van der Waals surface area contributed by atoms with Gasteiger partial charge >= 0.3 is 0 Å². The van der Waals surface area contributed by atoms with E-state index in [1.54, 1.807) is 24.3 Å². The average Bonchev–Trinajstić information content (AvgIpc) is 3.30. The lowest BCUT2D eigenvalue weighted by Gasteiger charge is -2.35. The van der Waals surface area contributed by atoms with Crippen molar-refractivity contribution in [2.45, 2.75) is 18.4 Å². The zero-order valence-electron chi connectivity index (χ0n) is 20.3. The van der Waals surface area contributed by atoms with Crippen molar-refractivity contribution < 1.29 is 17.3 Å². The van der Waals surface area contributed by atoms with E-state index in [2.05, 4.69) is 27.0 Å². The van der Waals surface area contributed by atoms with Crippen LogP contribution in [0.25, 0.3) is 5.52 Å². The molecule has 0 unspecified atom stereocenters.